The lowest BCUT2D eigenvalue weighted by Crippen LogP contribution is -2.51. The van der Waals surface area contributed by atoms with E-state index in [4.69, 9.17) is 4.74 Å². The zero-order valence-corrected chi connectivity index (χ0v) is 11.9. The van der Waals surface area contributed by atoms with E-state index in [1.807, 2.05) is 6.07 Å². The van der Waals surface area contributed by atoms with Crippen molar-refractivity contribution in [1.29, 1.82) is 0 Å². The predicted molar refractivity (Wildman–Crippen MR) is 74.1 cm³/mol. The normalized spacial score (nSPS) is 25.6. The van der Waals surface area contributed by atoms with Crippen molar-refractivity contribution in [2.45, 2.75) is 52.1 Å². The first-order valence-corrected chi connectivity index (χ1v) is 6.91. The molecule has 2 nitrogen and oxygen atoms in total. The van der Waals surface area contributed by atoms with Gasteiger partial charge in [0.05, 0.1) is 13.2 Å². The molecule has 0 saturated heterocycles. The molecule has 1 aromatic rings. The summed E-state index contributed by atoms with van der Waals surface area (Å²) in [5, 5.41) is 10.2. The Balaban J connectivity index is 2.40. The molecule has 0 aromatic heterocycles. The highest BCUT2D eigenvalue weighted by molar-refractivity contribution is 5.42. The van der Waals surface area contributed by atoms with Crippen molar-refractivity contribution in [3.63, 3.8) is 0 Å². The van der Waals surface area contributed by atoms with Gasteiger partial charge in [0.15, 0.2) is 0 Å². The van der Waals surface area contributed by atoms with Gasteiger partial charge in [-0.2, -0.15) is 0 Å². The molecule has 18 heavy (non-hydrogen) atoms. The van der Waals surface area contributed by atoms with E-state index in [0.717, 1.165) is 25.0 Å². The van der Waals surface area contributed by atoms with Crippen molar-refractivity contribution in [1.82, 2.24) is 0 Å². The fourth-order valence-corrected chi connectivity index (χ4v) is 3.54. The van der Waals surface area contributed by atoms with E-state index < -0.39 is 0 Å². The Kier molecular flexibility index (Phi) is 3.67. The van der Waals surface area contributed by atoms with Crippen LogP contribution < -0.4 is 4.74 Å². The minimum absolute atomic E-state index is 0.0427. The van der Waals surface area contributed by atoms with Gasteiger partial charge in [0.25, 0.3) is 0 Å². The summed E-state index contributed by atoms with van der Waals surface area (Å²) < 4.78 is 5.49. The van der Waals surface area contributed by atoms with Gasteiger partial charge in [0.1, 0.15) is 5.75 Å². The average molecular weight is 248 g/mol. The number of benzene rings is 1. The third-order valence-corrected chi connectivity index (χ3v) is 4.89. The molecular weight excluding hydrogens is 224 g/mol. The van der Waals surface area contributed by atoms with Crippen LogP contribution in [0.5, 0.6) is 5.75 Å². The third-order valence-electron chi connectivity index (χ3n) is 4.89. The molecule has 2 unspecified atom stereocenters. The quantitative estimate of drug-likeness (QED) is 0.881. The highest BCUT2D eigenvalue weighted by Gasteiger charge is 2.53. The van der Waals surface area contributed by atoms with Crippen LogP contribution in [0.25, 0.3) is 0 Å². The number of aliphatic hydroxyl groups is 1. The van der Waals surface area contributed by atoms with Crippen LogP contribution in [-0.4, -0.2) is 18.3 Å². The maximum absolute atomic E-state index is 10.2. The predicted octanol–water partition coefficient (Wildman–Crippen LogP) is 3.66. The Morgan fingerprint density at radius 3 is 2.50 bits per heavy atom. The van der Waals surface area contributed by atoms with Gasteiger partial charge in [0.2, 0.25) is 0 Å². The van der Waals surface area contributed by atoms with Crippen LogP contribution in [0, 0.1) is 12.3 Å². The molecule has 1 saturated carbocycles. The lowest BCUT2D eigenvalue weighted by Gasteiger charge is -2.54. The Labute approximate surface area is 110 Å². The summed E-state index contributed by atoms with van der Waals surface area (Å²) in [5.74, 6) is 1.39. The van der Waals surface area contributed by atoms with Gasteiger partial charge in [-0.3, -0.25) is 0 Å². The largest absolute Gasteiger partial charge is 0.496 e. The van der Waals surface area contributed by atoms with Crippen LogP contribution in [0.2, 0.25) is 0 Å². The van der Waals surface area contributed by atoms with Crippen LogP contribution >= 0.6 is 0 Å². The molecule has 0 heterocycles. The Morgan fingerprint density at radius 2 is 2.00 bits per heavy atom. The second-order valence-corrected chi connectivity index (χ2v) is 5.49. The lowest BCUT2D eigenvalue weighted by molar-refractivity contribution is -0.0936. The van der Waals surface area contributed by atoms with E-state index in [9.17, 15) is 5.11 Å². The van der Waals surface area contributed by atoms with E-state index in [1.165, 1.54) is 11.1 Å². The zero-order chi connectivity index (χ0) is 13.3. The first kappa shape index (κ1) is 13.4. The topological polar surface area (TPSA) is 29.5 Å². The van der Waals surface area contributed by atoms with Crippen molar-refractivity contribution >= 4 is 0 Å². The average Bonchev–Trinajstić information content (AvgIpc) is 2.37. The fourth-order valence-electron chi connectivity index (χ4n) is 3.54. The Bertz CT molecular complexity index is 421. The number of methoxy groups -OCH3 is 1. The van der Waals surface area contributed by atoms with Crippen LogP contribution in [-0.2, 0) is 0 Å². The molecule has 1 N–H and O–H groups in total. The maximum Gasteiger partial charge on any atom is 0.122 e. The number of ether oxygens (including phenoxy) is 1. The molecule has 100 valence electrons. The Morgan fingerprint density at radius 1 is 1.33 bits per heavy atom. The summed E-state index contributed by atoms with van der Waals surface area (Å²) in [4.78, 5) is 0. The van der Waals surface area contributed by atoms with Crippen molar-refractivity contribution in [2.24, 2.45) is 5.41 Å². The molecule has 0 bridgehead atoms. The molecule has 0 amide bonds. The van der Waals surface area contributed by atoms with Crippen LogP contribution in [0.4, 0.5) is 0 Å². The second-order valence-electron chi connectivity index (χ2n) is 5.49. The fraction of sp³-hybridized carbons (Fsp3) is 0.625. The molecule has 1 aliphatic carbocycles. The van der Waals surface area contributed by atoms with Crippen molar-refractivity contribution < 1.29 is 9.84 Å². The number of hydrogen-bond acceptors (Lipinski definition) is 2. The number of rotatable bonds is 4. The highest BCUT2D eigenvalue weighted by atomic mass is 16.5. The standard InChI is InChI=1S/C16H24O2/c1-5-16(6-2)13(10-15(16)17)12-9-11(3)7-8-14(12)18-4/h7-9,13,15,17H,5-6,10H2,1-4H3. The van der Waals surface area contributed by atoms with Crippen LogP contribution in [0.1, 0.15) is 50.2 Å². The smallest absolute Gasteiger partial charge is 0.122 e. The van der Waals surface area contributed by atoms with Crippen LogP contribution in [0.3, 0.4) is 0 Å². The molecule has 2 atom stereocenters. The van der Waals surface area contributed by atoms with Gasteiger partial charge >= 0.3 is 0 Å². The van der Waals surface area contributed by atoms with Crippen molar-refractivity contribution in [3.05, 3.63) is 29.3 Å². The molecular formula is C16H24O2. The molecule has 2 rings (SSSR count). The van der Waals surface area contributed by atoms with Crippen molar-refractivity contribution in [3.8, 4) is 5.75 Å². The first-order chi connectivity index (χ1) is 8.58. The van der Waals surface area contributed by atoms with Gasteiger partial charge in [-0.15, -0.1) is 0 Å². The zero-order valence-electron chi connectivity index (χ0n) is 11.9. The van der Waals surface area contributed by atoms with E-state index in [0.29, 0.717) is 5.92 Å². The van der Waals surface area contributed by atoms with Gasteiger partial charge < -0.3 is 9.84 Å². The molecule has 1 aliphatic rings. The van der Waals surface area contributed by atoms with Gasteiger partial charge in [0, 0.05) is 5.41 Å². The minimum Gasteiger partial charge on any atom is -0.496 e. The molecule has 0 aliphatic heterocycles. The number of aliphatic hydroxyl groups excluding tert-OH is 1. The third kappa shape index (κ3) is 1.83. The molecule has 0 radical (unpaired) electrons. The SMILES string of the molecule is CCC1(CC)C(O)CC1c1cc(C)ccc1OC. The molecule has 1 aromatic carbocycles. The van der Waals surface area contributed by atoms with E-state index >= 15 is 0 Å². The Hall–Kier alpha value is -1.02. The van der Waals surface area contributed by atoms with Gasteiger partial charge in [-0.25, -0.2) is 0 Å². The molecule has 2 heteroatoms. The maximum atomic E-state index is 10.2. The van der Waals surface area contributed by atoms with Gasteiger partial charge in [-0.1, -0.05) is 31.5 Å². The van der Waals surface area contributed by atoms with E-state index in [1.54, 1.807) is 7.11 Å². The summed E-state index contributed by atoms with van der Waals surface area (Å²) in [5.41, 5.74) is 2.57. The number of hydrogen-bond donors (Lipinski definition) is 1. The van der Waals surface area contributed by atoms with Gasteiger partial charge in [-0.05, 0) is 43.7 Å². The van der Waals surface area contributed by atoms with E-state index in [-0.39, 0.29) is 11.5 Å². The molecule has 0 spiro atoms. The lowest BCUT2D eigenvalue weighted by atomic mass is 9.53. The summed E-state index contributed by atoms with van der Waals surface area (Å²) in [7, 11) is 1.73. The molecule has 1 fully saturated rings. The summed E-state index contributed by atoms with van der Waals surface area (Å²) >= 11 is 0. The van der Waals surface area contributed by atoms with Crippen molar-refractivity contribution in [2.75, 3.05) is 7.11 Å². The first-order valence-electron chi connectivity index (χ1n) is 6.91. The minimum atomic E-state index is -0.164. The monoisotopic (exact) mass is 248 g/mol. The summed E-state index contributed by atoms with van der Waals surface area (Å²) in [6, 6.07) is 6.35. The second kappa shape index (κ2) is 4.93. The number of aryl methyl sites for hydroxylation is 1. The summed E-state index contributed by atoms with van der Waals surface area (Å²) in [6.45, 7) is 6.47. The summed E-state index contributed by atoms with van der Waals surface area (Å²) in [6.07, 6.45) is 2.74. The van der Waals surface area contributed by atoms with E-state index in [2.05, 4.69) is 32.9 Å². The highest BCUT2D eigenvalue weighted by Crippen LogP contribution is 2.58. The van der Waals surface area contributed by atoms with Crippen LogP contribution in [0.15, 0.2) is 18.2 Å².